The highest BCUT2D eigenvalue weighted by molar-refractivity contribution is 6.16. The standard InChI is InChI=1S/C17H16ClFN2/c1-2-12-3-5-13(6-4-12)11-21-16-9-14(19)7-8-15(16)20-17(21)10-18/h3-9H,2,10-11H2,1H3. The molecule has 0 radical (unpaired) electrons. The third-order valence-corrected chi connectivity index (χ3v) is 3.92. The first-order chi connectivity index (χ1) is 10.2. The number of hydrogen-bond acceptors (Lipinski definition) is 1. The highest BCUT2D eigenvalue weighted by Crippen LogP contribution is 2.20. The summed E-state index contributed by atoms with van der Waals surface area (Å²) in [4.78, 5) is 4.47. The molecule has 4 heteroatoms. The van der Waals surface area contributed by atoms with Crippen LogP contribution in [-0.2, 0) is 18.8 Å². The predicted molar refractivity (Wildman–Crippen MR) is 84.2 cm³/mol. The normalized spacial score (nSPS) is 11.2. The lowest BCUT2D eigenvalue weighted by molar-refractivity contribution is 0.628. The number of nitrogens with zero attached hydrogens (tertiary/aromatic N) is 2. The fourth-order valence-corrected chi connectivity index (χ4v) is 2.69. The molecule has 3 aromatic rings. The maximum absolute atomic E-state index is 13.5. The zero-order valence-electron chi connectivity index (χ0n) is 11.8. The first-order valence-corrected chi connectivity index (χ1v) is 7.53. The van der Waals surface area contributed by atoms with Crippen LogP contribution in [0.2, 0.25) is 0 Å². The summed E-state index contributed by atoms with van der Waals surface area (Å²) >= 11 is 5.98. The predicted octanol–water partition coefficient (Wildman–Crippen LogP) is 4.52. The molecule has 0 unspecified atom stereocenters. The Labute approximate surface area is 128 Å². The van der Waals surface area contributed by atoms with Gasteiger partial charge in [0, 0.05) is 6.54 Å². The van der Waals surface area contributed by atoms with Crippen LogP contribution in [0.1, 0.15) is 23.9 Å². The van der Waals surface area contributed by atoms with Crippen LogP contribution < -0.4 is 0 Å². The molecule has 0 amide bonds. The maximum atomic E-state index is 13.5. The van der Waals surface area contributed by atoms with Crippen LogP contribution in [0, 0.1) is 5.82 Å². The Balaban J connectivity index is 2.03. The van der Waals surface area contributed by atoms with Gasteiger partial charge in [0.15, 0.2) is 0 Å². The van der Waals surface area contributed by atoms with Crippen molar-refractivity contribution in [3.63, 3.8) is 0 Å². The van der Waals surface area contributed by atoms with Crippen molar-refractivity contribution >= 4 is 22.6 Å². The minimum atomic E-state index is -0.258. The SMILES string of the molecule is CCc1ccc(Cn2c(CCl)nc3ccc(F)cc32)cc1. The lowest BCUT2D eigenvalue weighted by Crippen LogP contribution is -2.04. The Morgan fingerprint density at radius 3 is 2.48 bits per heavy atom. The van der Waals surface area contributed by atoms with Gasteiger partial charge in [-0.3, -0.25) is 0 Å². The quantitative estimate of drug-likeness (QED) is 0.648. The smallest absolute Gasteiger partial charge is 0.125 e. The Hall–Kier alpha value is -1.87. The highest BCUT2D eigenvalue weighted by atomic mass is 35.5. The van der Waals surface area contributed by atoms with E-state index in [9.17, 15) is 4.39 Å². The van der Waals surface area contributed by atoms with Crippen LogP contribution >= 0.6 is 11.6 Å². The number of imidazole rings is 1. The van der Waals surface area contributed by atoms with Crippen LogP contribution in [0.25, 0.3) is 11.0 Å². The monoisotopic (exact) mass is 302 g/mol. The number of hydrogen-bond donors (Lipinski definition) is 0. The molecule has 1 heterocycles. The molecule has 0 spiro atoms. The summed E-state index contributed by atoms with van der Waals surface area (Å²) < 4.78 is 15.5. The largest absolute Gasteiger partial charge is 0.322 e. The van der Waals surface area contributed by atoms with E-state index < -0.39 is 0 Å². The van der Waals surface area contributed by atoms with E-state index in [0.717, 1.165) is 28.8 Å². The fourth-order valence-electron chi connectivity index (χ4n) is 2.49. The van der Waals surface area contributed by atoms with Gasteiger partial charge in [0.05, 0.1) is 16.9 Å². The third-order valence-electron chi connectivity index (χ3n) is 3.68. The average molecular weight is 303 g/mol. The van der Waals surface area contributed by atoms with Crippen molar-refractivity contribution in [3.05, 3.63) is 65.2 Å². The third kappa shape index (κ3) is 2.79. The van der Waals surface area contributed by atoms with E-state index in [4.69, 9.17) is 11.6 Å². The average Bonchev–Trinajstić information content (AvgIpc) is 2.85. The molecule has 0 aliphatic carbocycles. The zero-order chi connectivity index (χ0) is 14.8. The van der Waals surface area contributed by atoms with Gasteiger partial charge in [-0.25, -0.2) is 9.37 Å². The summed E-state index contributed by atoms with van der Waals surface area (Å²) in [6.45, 7) is 2.78. The van der Waals surface area contributed by atoms with Crippen LogP contribution in [-0.4, -0.2) is 9.55 Å². The second-order valence-corrected chi connectivity index (χ2v) is 5.32. The van der Waals surface area contributed by atoms with Gasteiger partial charge in [-0.1, -0.05) is 31.2 Å². The van der Waals surface area contributed by atoms with E-state index >= 15 is 0 Å². The van der Waals surface area contributed by atoms with Gasteiger partial charge in [0.25, 0.3) is 0 Å². The number of halogens is 2. The molecule has 0 fully saturated rings. The number of aromatic nitrogens is 2. The molecular weight excluding hydrogens is 287 g/mol. The fraction of sp³-hybridized carbons (Fsp3) is 0.235. The Morgan fingerprint density at radius 2 is 1.81 bits per heavy atom. The zero-order valence-corrected chi connectivity index (χ0v) is 12.6. The van der Waals surface area contributed by atoms with Crippen molar-refractivity contribution < 1.29 is 4.39 Å². The molecule has 3 rings (SSSR count). The van der Waals surface area contributed by atoms with Crippen molar-refractivity contribution in [2.45, 2.75) is 25.8 Å². The first kappa shape index (κ1) is 14.1. The number of rotatable bonds is 4. The van der Waals surface area contributed by atoms with Crippen molar-refractivity contribution in [1.82, 2.24) is 9.55 Å². The van der Waals surface area contributed by atoms with Gasteiger partial charge >= 0.3 is 0 Å². The first-order valence-electron chi connectivity index (χ1n) is 6.99. The Kier molecular flexibility index (Phi) is 3.93. The lowest BCUT2D eigenvalue weighted by atomic mass is 10.1. The van der Waals surface area contributed by atoms with E-state index in [2.05, 4.69) is 36.2 Å². The molecule has 0 atom stereocenters. The molecule has 0 aliphatic heterocycles. The van der Waals surface area contributed by atoms with Crippen molar-refractivity contribution in [2.24, 2.45) is 0 Å². The van der Waals surface area contributed by atoms with Gasteiger partial charge in [0.2, 0.25) is 0 Å². The van der Waals surface area contributed by atoms with Gasteiger partial charge in [-0.15, -0.1) is 11.6 Å². The molecule has 2 aromatic carbocycles. The van der Waals surface area contributed by atoms with Gasteiger partial charge < -0.3 is 4.57 Å². The number of benzene rings is 2. The lowest BCUT2D eigenvalue weighted by Gasteiger charge is -2.08. The van der Waals surface area contributed by atoms with Crippen molar-refractivity contribution in [3.8, 4) is 0 Å². The number of fused-ring (bicyclic) bond motifs is 1. The summed E-state index contributed by atoms with van der Waals surface area (Å²) in [7, 11) is 0. The molecule has 1 aromatic heterocycles. The number of aryl methyl sites for hydroxylation is 1. The van der Waals surface area contributed by atoms with E-state index in [1.54, 1.807) is 6.07 Å². The summed E-state index contributed by atoms with van der Waals surface area (Å²) in [6, 6.07) is 13.1. The van der Waals surface area contributed by atoms with Crippen LogP contribution in [0.5, 0.6) is 0 Å². The molecule has 108 valence electrons. The Bertz CT molecular complexity index is 762. The molecule has 0 aliphatic rings. The summed E-state index contributed by atoms with van der Waals surface area (Å²) in [6.07, 6.45) is 1.02. The van der Waals surface area contributed by atoms with Gasteiger partial charge in [0.1, 0.15) is 11.6 Å². The van der Waals surface area contributed by atoms with Gasteiger partial charge in [-0.2, -0.15) is 0 Å². The van der Waals surface area contributed by atoms with Crippen LogP contribution in [0.3, 0.4) is 0 Å². The van der Waals surface area contributed by atoms with E-state index in [0.29, 0.717) is 12.4 Å². The van der Waals surface area contributed by atoms with Gasteiger partial charge in [-0.05, 0) is 35.7 Å². The van der Waals surface area contributed by atoms with E-state index in [-0.39, 0.29) is 5.82 Å². The molecule has 2 nitrogen and oxygen atoms in total. The second-order valence-electron chi connectivity index (χ2n) is 5.05. The molecule has 21 heavy (non-hydrogen) atoms. The maximum Gasteiger partial charge on any atom is 0.125 e. The number of alkyl halides is 1. The minimum absolute atomic E-state index is 0.258. The summed E-state index contributed by atoms with van der Waals surface area (Å²) in [5.41, 5.74) is 4.02. The molecule has 0 saturated heterocycles. The second kappa shape index (κ2) is 5.86. The summed E-state index contributed by atoms with van der Waals surface area (Å²) in [5, 5.41) is 0. The van der Waals surface area contributed by atoms with Crippen molar-refractivity contribution in [2.75, 3.05) is 0 Å². The molecule has 0 saturated carbocycles. The molecule has 0 N–H and O–H groups in total. The van der Waals surface area contributed by atoms with Crippen LogP contribution in [0.15, 0.2) is 42.5 Å². The topological polar surface area (TPSA) is 17.8 Å². The molecule has 0 bridgehead atoms. The molecular formula is C17H16ClFN2. The Morgan fingerprint density at radius 1 is 1.10 bits per heavy atom. The highest BCUT2D eigenvalue weighted by Gasteiger charge is 2.11. The van der Waals surface area contributed by atoms with E-state index in [1.807, 2.05) is 4.57 Å². The minimum Gasteiger partial charge on any atom is -0.322 e. The summed E-state index contributed by atoms with van der Waals surface area (Å²) in [5.74, 6) is 0.812. The van der Waals surface area contributed by atoms with E-state index in [1.165, 1.54) is 17.7 Å². The van der Waals surface area contributed by atoms with Crippen LogP contribution in [0.4, 0.5) is 4.39 Å². The van der Waals surface area contributed by atoms with Crippen molar-refractivity contribution in [1.29, 1.82) is 0 Å².